The summed E-state index contributed by atoms with van der Waals surface area (Å²) in [5.74, 6) is 9.16. The second-order valence-electron chi connectivity index (χ2n) is 1.70. The highest BCUT2D eigenvalue weighted by Crippen LogP contribution is 1.50. The number of hydrogen-bond donors (Lipinski definition) is 4. The molecule has 0 rings (SSSR count). The van der Waals surface area contributed by atoms with Crippen LogP contribution in [-0.4, -0.2) is 18.5 Å². The van der Waals surface area contributed by atoms with Gasteiger partial charge in [-0.1, -0.05) is 0 Å². The summed E-state index contributed by atoms with van der Waals surface area (Å²) in [4.78, 5) is 9.44. The van der Waals surface area contributed by atoms with Gasteiger partial charge in [0.05, 0.1) is 0 Å². The minimum atomic E-state index is 0.167. The molecule has 0 spiro atoms. The van der Waals surface area contributed by atoms with E-state index in [1.54, 1.807) is 0 Å². The lowest BCUT2D eigenvalue weighted by atomic mass is 10.6. The van der Waals surface area contributed by atoms with Gasteiger partial charge < -0.3 is 16.5 Å². The van der Waals surface area contributed by atoms with Gasteiger partial charge in [-0.25, -0.2) is 11.1 Å². The van der Waals surface area contributed by atoms with Crippen LogP contribution in [0, 0.1) is 11.1 Å². The van der Waals surface area contributed by atoms with Gasteiger partial charge in [0.25, 0.3) is 0 Å². The Balaban J connectivity index is -0.000000131. The quantitative estimate of drug-likeness (QED) is 0.168. The van der Waals surface area contributed by atoms with Crippen LogP contribution in [0.4, 0.5) is 0 Å². The van der Waals surface area contributed by atoms with E-state index < -0.39 is 0 Å². The Hall–Kier alpha value is -2.19. The molecule has 0 bridgehead atoms. The SMILES string of the molecule is CC(C)=O.N=NC=NN.N=NC=NN. The van der Waals surface area contributed by atoms with Crippen LogP contribution in [0.2, 0.25) is 0 Å². The molecule has 0 fully saturated rings. The molecule has 0 radical (unpaired) electrons. The van der Waals surface area contributed by atoms with Crippen molar-refractivity contribution in [2.75, 3.05) is 0 Å². The van der Waals surface area contributed by atoms with E-state index >= 15 is 0 Å². The van der Waals surface area contributed by atoms with Gasteiger partial charge in [0.2, 0.25) is 0 Å². The Morgan fingerprint density at radius 3 is 1.29 bits per heavy atom. The molecule has 0 aliphatic carbocycles. The third-order valence-corrected chi connectivity index (χ3v) is 0.249. The van der Waals surface area contributed by atoms with Crippen LogP contribution in [0.25, 0.3) is 0 Å². The highest BCUT2D eigenvalue weighted by molar-refractivity contribution is 5.72. The lowest BCUT2D eigenvalue weighted by Gasteiger charge is -1.58. The van der Waals surface area contributed by atoms with Crippen molar-refractivity contribution in [1.82, 2.24) is 0 Å². The standard InChI is InChI=1S/C3H6O.2CH4N4/c1-3(2)4;2*2-4-1-5-3/h1-2H3;2*1-2H,3H2. The molecule has 0 aliphatic heterocycles. The summed E-state index contributed by atoms with van der Waals surface area (Å²) in [5.41, 5.74) is 12.0. The van der Waals surface area contributed by atoms with Crippen LogP contribution < -0.4 is 11.7 Å². The Morgan fingerprint density at radius 1 is 1.07 bits per heavy atom. The Kier molecular flexibility index (Phi) is 28.5. The summed E-state index contributed by atoms with van der Waals surface area (Å²) in [6, 6.07) is 0. The maximum Gasteiger partial charge on any atom is 0.156 e. The van der Waals surface area contributed by atoms with E-state index in [2.05, 4.69) is 32.1 Å². The van der Waals surface area contributed by atoms with Crippen LogP contribution in [0.5, 0.6) is 0 Å². The minimum absolute atomic E-state index is 0.167. The molecule has 0 unspecified atom stereocenters. The fourth-order valence-corrected chi connectivity index (χ4v) is 0.0667. The van der Waals surface area contributed by atoms with Gasteiger partial charge in [0, 0.05) is 0 Å². The van der Waals surface area contributed by atoms with Crippen LogP contribution in [0.15, 0.2) is 20.4 Å². The number of hydrogen-bond acceptors (Lipinski definition) is 7. The molecule has 0 aromatic carbocycles. The lowest BCUT2D eigenvalue weighted by Crippen LogP contribution is -1.75. The summed E-state index contributed by atoms with van der Waals surface area (Å²) < 4.78 is 0. The number of nitrogens with two attached hydrogens (primary N) is 2. The monoisotopic (exact) mass is 202 g/mol. The summed E-state index contributed by atoms with van der Waals surface area (Å²) in [6.07, 6.45) is 1.89. The first-order valence-electron chi connectivity index (χ1n) is 3.20. The molecule has 9 heteroatoms. The maximum atomic E-state index is 9.44. The van der Waals surface area contributed by atoms with Crippen LogP contribution in [-0.2, 0) is 4.79 Å². The van der Waals surface area contributed by atoms with Gasteiger partial charge >= 0.3 is 0 Å². The first-order valence-corrected chi connectivity index (χ1v) is 3.20. The molecule has 0 saturated carbocycles. The zero-order valence-electron chi connectivity index (χ0n) is 8.01. The smallest absolute Gasteiger partial charge is 0.156 e. The molecule has 6 N–H and O–H groups in total. The molecule has 9 nitrogen and oxygen atoms in total. The number of Topliss-reactive ketones (excluding diaryl/α,β-unsaturated/α-hetero) is 1. The van der Waals surface area contributed by atoms with Crippen molar-refractivity contribution in [2.24, 2.45) is 32.1 Å². The van der Waals surface area contributed by atoms with Gasteiger partial charge in [-0.15, -0.1) is 10.2 Å². The fourth-order valence-electron chi connectivity index (χ4n) is 0.0667. The number of ketones is 1. The lowest BCUT2D eigenvalue weighted by molar-refractivity contribution is -0.114. The molecule has 0 aliphatic rings. The van der Waals surface area contributed by atoms with Crippen LogP contribution in [0.1, 0.15) is 13.8 Å². The van der Waals surface area contributed by atoms with E-state index in [1.807, 2.05) is 0 Å². The van der Waals surface area contributed by atoms with E-state index in [9.17, 15) is 4.79 Å². The van der Waals surface area contributed by atoms with Crippen LogP contribution in [0.3, 0.4) is 0 Å². The zero-order valence-corrected chi connectivity index (χ0v) is 8.01. The summed E-state index contributed by atoms with van der Waals surface area (Å²) >= 11 is 0. The Bertz CT molecular complexity index is 178. The number of nitrogens with zero attached hydrogens (tertiary/aromatic N) is 4. The van der Waals surface area contributed by atoms with Gasteiger partial charge in [-0.2, -0.15) is 10.2 Å². The average molecular weight is 202 g/mol. The largest absolute Gasteiger partial charge is 0.322 e. The second kappa shape index (κ2) is 22.4. The first kappa shape index (κ1) is 17.8. The first-order chi connectivity index (χ1) is 6.56. The molecule has 14 heavy (non-hydrogen) atoms. The topological polar surface area (TPSA) is 166 Å². The average Bonchev–Trinajstić information content (AvgIpc) is 2.07. The molecule has 0 aromatic heterocycles. The summed E-state index contributed by atoms with van der Waals surface area (Å²) in [5, 5.41) is 11.1. The normalized spacial score (nSPS) is 8.14. The molecule has 0 atom stereocenters. The van der Waals surface area contributed by atoms with E-state index in [-0.39, 0.29) is 5.78 Å². The van der Waals surface area contributed by atoms with Gasteiger partial charge in [0.15, 0.2) is 12.7 Å². The van der Waals surface area contributed by atoms with Gasteiger partial charge in [0.1, 0.15) is 5.78 Å². The molecular weight excluding hydrogens is 188 g/mol. The number of carbonyl (C=O) groups is 1. The highest BCUT2D eigenvalue weighted by atomic mass is 16.1. The molecule has 0 aromatic rings. The van der Waals surface area contributed by atoms with E-state index in [0.717, 1.165) is 12.7 Å². The zero-order chi connectivity index (χ0) is 11.8. The highest BCUT2D eigenvalue weighted by Gasteiger charge is 1.62. The van der Waals surface area contributed by atoms with Crippen molar-refractivity contribution in [1.29, 1.82) is 11.1 Å². The number of nitrogens with one attached hydrogen (secondary N) is 2. The van der Waals surface area contributed by atoms with Gasteiger partial charge in [-0.3, -0.25) is 0 Å². The van der Waals surface area contributed by atoms with Crippen molar-refractivity contribution in [3.63, 3.8) is 0 Å². The van der Waals surface area contributed by atoms with E-state index in [0.29, 0.717) is 0 Å². The number of carbonyl (C=O) groups excluding carboxylic acids is 1. The van der Waals surface area contributed by atoms with Crippen molar-refractivity contribution in [3.8, 4) is 0 Å². The molecule has 0 heterocycles. The minimum Gasteiger partial charge on any atom is -0.322 e. The number of hydrazone groups is 2. The van der Waals surface area contributed by atoms with Crippen molar-refractivity contribution in [2.45, 2.75) is 13.8 Å². The maximum absolute atomic E-state index is 9.44. The van der Waals surface area contributed by atoms with Crippen LogP contribution >= 0.6 is 0 Å². The summed E-state index contributed by atoms with van der Waals surface area (Å²) in [6.45, 7) is 3.06. The van der Waals surface area contributed by atoms with Crippen molar-refractivity contribution < 1.29 is 4.79 Å². The molecule has 80 valence electrons. The third kappa shape index (κ3) is 232. The molecular formula is C5H14N8O. The Labute approximate surface area is 81.3 Å². The molecule has 0 saturated heterocycles. The van der Waals surface area contributed by atoms with E-state index in [4.69, 9.17) is 11.1 Å². The predicted octanol–water partition coefficient (Wildman–Crippen LogP) is 0.434. The molecule has 0 amide bonds. The predicted molar refractivity (Wildman–Crippen MR) is 52.0 cm³/mol. The van der Waals surface area contributed by atoms with Crippen molar-refractivity contribution in [3.05, 3.63) is 0 Å². The summed E-state index contributed by atoms with van der Waals surface area (Å²) in [7, 11) is 0. The fraction of sp³-hybridized carbons (Fsp3) is 0.400. The van der Waals surface area contributed by atoms with E-state index in [1.165, 1.54) is 13.8 Å². The van der Waals surface area contributed by atoms with Gasteiger partial charge in [-0.05, 0) is 13.8 Å². The number of rotatable bonds is 2. The second-order valence-corrected chi connectivity index (χ2v) is 1.70. The van der Waals surface area contributed by atoms with Crippen molar-refractivity contribution >= 4 is 18.5 Å². The third-order valence-electron chi connectivity index (χ3n) is 0.249. The Morgan fingerprint density at radius 2 is 1.29 bits per heavy atom.